The maximum absolute atomic E-state index is 8.71. The number of halogens is 1. The maximum atomic E-state index is 8.71. The lowest BCUT2D eigenvalue weighted by atomic mass is 10.5. The highest BCUT2D eigenvalue weighted by molar-refractivity contribution is 6.28. The number of aromatic nitrogens is 2. The van der Waals surface area contributed by atoms with Crippen molar-refractivity contribution < 1.29 is 5.11 Å². The third-order valence-electron chi connectivity index (χ3n) is 0.830. The lowest BCUT2D eigenvalue weighted by Gasteiger charge is -1.78. The van der Waals surface area contributed by atoms with Crippen LogP contribution in [0.25, 0.3) is 0 Å². The van der Waals surface area contributed by atoms with E-state index in [1.807, 2.05) is 0 Å². The van der Waals surface area contributed by atoms with Gasteiger partial charge in [0.1, 0.15) is 0 Å². The van der Waals surface area contributed by atoms with E-state index < -0.39 is 0 Å². The number of aryl methyl sites for hydroxylation is 1. The number of hydrogen-bond acceptors (Lipinski definition) is 2. The first-order valence-electron chi connectivity index (χ1n) is 2.11. The molecule has 0 saturated carbocycles. The van der Waals surface area contributed by atoms with Crippen LogP contribution in [0.4, 0.5) is 0 Å². The minimum atomic E-state index is -0.0324. The summed E-state index contributed by atoms with van der Waals surface area (Å²) in [6.45, 7) is 1.69. The summed E-state index contributed by atoms with van der Waals surface area (Å²) < 4.78 is 0. The van der Waals surface area contributed by atoms with Crippen LogP contribution in [0.3, 0.4) is 0 Å². The van der Waals surface area contributed by atoms with Crippen LogP contribution in [0.15, 0.2) is 0 Å². The Labute approximate surface area is 51.3 Å². The standard InChI is InChI=1S/C4H5ClN2O/c1-2-3(8)7-4(5)6-2/h8H,1H3,(H,6,7). The Kier molecular flexibility index (Phi) is 1.13. The topological polar surface area (TPSA) is 48.9 Å². The number of imidazole rings is 1. The van der Waals surface area contributed by atoms with Crippen molar-refractivity contribution in [3.05, 3.63) is 11.0 Å². The van der Waals surface area contributed by atoms with Gasteiger partial charge in [0.2, 0.25) is 11.2 Å². The Morgan fingerprint density at radius 3 is 2.50 bits per heavy atom. The van der Waals surface area contributed by atoms with Crippen LogP contribution in [0, 0.1) is 6.92 Å². The summed E-state index contributed by atoms with van der Waals surface area (Å²) in [5, 5.41) is 8.94. The molecular weight excluding hydrogens is 128 g/mol. The van der Waals surface area contributed by atoms with E-state index in [2.05, 4.69) is 9.97 Å². The van der Waals surface area contributed by atoms with Crippen LogP contribution in [-0.4, -0.2) is 15.1 Å². The van der Waals surface area contributed by atoms with Crippen molar-refractivity contribution in [1.82, 2.24) is 9.97 Å². The minimum absolute atomic E-state index is 0.0324. The number of nitrogens with zero attached hydrogens (tertiary/aromatic N) is 1. The molecular formula is C4H5ClN2O. The highest BCUT2D eigenvalue weighted by atomic mass is 35.5. The average molecular weight is 133 g/mol. The van der Waals surface area contributed by atoms with Crippen molar-refractivity contribution in [2.24, 2.45) is 0 Å². The molecule has 1 aromatic rings. The molecule has 0 aliphatic rings. The highest BCUT2D eigenvalue weighted by Gasteiger charge is 1.99. The summed E-state index contributed by atoms with van der Waals surface area (Å²) in [5.41, 5.74) is 0.593. The summed E-state index contributed by atoms with van der Waals surface area (Å²) >= 11 is 5.34. The third kappa shape index (κ3) is 0.767. The second-order valence-electron chi connectivity index (χ2n) is 1.48. The van der Waals surface area contributed by atoms with E-state index >= 15 is 0 Å². The molecule has 0 aliphatic carbocycles. The normalized spacial score (nSPS) is 9.75. The smallest absolute Gasteiger partial charge is 0.233 e. The van der Waals surface area contributed by atoms with Crippen LogP contribution in [-0.2, 0) is 0 Å². The number of aromatic hydroxyl groups is 1. The van der Waals surface area contributed by atoms with Crippen LogP contribution < -0.4 is 0 Å². The quantitative estimate of drug-likeness (QED) is 0.555. The molecule has 0 aliphatic heterocycles. The first-order chi connectivity index (χ1) is 3.70. The lowest BCUT2D eigenvalue weighted by molar-refractivity contribution is 0.452. The molecule has 1 aromatic heterocycles. The molecule has 1 rings (SSSR count). The fraction of sp³-hybridized carbons (Fsp3) is 0.250. The molecule has 0 atom stereocenters. The Morgan fingerprint density at radius 1 is 1.75 bits per heavy atom. The van der Waals surface area contributed by atoms with Crippen LogP contribution in [0.2, 0.25) is 5.28 Å². The van der Waals surface area contributed by atoms with Gasteiger partial charge in [-0.3, -0.25) is 0 Å². The summed E-state index contributed by atoms with van der Waals surface area (Å²) in [6, 6.07) is 0. The van der Waals surface area contributed by atoms with Gasteiger partial charge in [-0.2, -0.15) is 4.98 Å². The molecule has 0 amide bonds. The SMILES string of the molecule is Cc1[nH]c(Cl)nc1O. The van der Waals surface area contributed by atoms with E-state index in [-0.39, 0.29) is 11.2 Å². The number of hydrogen-bond donors (Lipinski definition) is 2. The number of H-pyrrole nitrogens is 1. The zero-order chi connectivity index (χ0) is 6.15. The highest BCUT2D eigenvalue weighted by Crippen LogP contribution is 2.13. The van der Waals surface area contributed by atoms with Gasteiger partial charge in [0.25, 0.3) is 0 Å². The summed E-state index contributed by atoms with van der Waals surface area (Å²) in [7, 11) is 0. The molecule has 0 saturated heterocycles. The fourth-order valence-electron chi connectivity index (χ4n) is 0.415. The van der Waals surface area contributed by atoms with Gasteiger partial charge < -0.3 is 10.1 Å². The summed E-state index contributed by atoms with van der Waals surface area (Å²) in [5.74, 6) is -0.0324. The second-order valence-corrected chi connectivity index (χ2v) is 1.83. The van der Waals surface area contributed by atoms with Crippen molar-refractivity contribution in [3.8, 4) is 5.88 Å². The molecule has 3 nitrogen and oxygen atoms in total. The lowest BCUT2D eigenvalue weighted by Crippen LogP contribution is -1.66. The molecule has 0 unspecified atom stereocenters. The van der Waals surface area contributed by atoms with Crippen molar-refractivity contribution in [3.63, 3.8) is 0 Å². The van der Waals surface area contributed by atoms with Crippen LogP contribution in [0.1, 0.15) is 5.69 Å². The van der Waals surface area contributed by atoms with Crippen LogP contribution >= 0.6 is 11.6 Å². The first-order valence-corrected chi connectivity index (χ1v) is 2.49. The van der Waals surface area contributed by atoms with Gasteiger partial charge in [0, 0.05) is 0 Å². The predicted molar refractivity (Wildman–Crippen MR) is 30.0 cm³/mol. The Bertz CT molecular complexity index is 176. The second kappa shape index (κ2) is 1.67. The van der Waals surface area contributed by atoms with Crippen molar-refractivity contribution in [1.29, 1.82) is 0 Å². The van der Waals surface area contributed by atoms with E-state index in [9.17, 15) is 0 Å². The zero-order valence-corrected chi connectivity index (χ0v) is 5.03. The largest absolute Gasteiger partial charge is 0.492 e. The van der Waals surface area contributed by atoms with E-state index in [4.69, 9.17) is 16.7 Å². The Morgan fingerprint density at radius 2 is 2.38 bits per heavy atom. The summed E-state index contributed by atoms with van der Waals surface area (Å²) in [6.07, 6.45) is 0. The molecule has 1 heterocycles. The van der Waals surface area contributed by atoms with Gasteiger partial charge in [-0.05, 0) is 18.5 Å². The van der Waals surface area contributed by atoms with E-state index in [0.717, 1.165) is 0 Å². The molecule has 0 fully saturated rings. The van der Waals surface area contributed by atoms with E-state index in [1.165, 1.54) is 0 Å². The van der Waals surface area contributed by atoms with Gasteiger partial charge in [0.15, 0.2) is 0 Å². The zero-order valence-electron chi connectivity index (χ0n) is 4.27. The average Bonchev–Trinajstić information content (AvgIpc) is 1.85. The van der Waals surface area contributed by atoms with E-state index in [1.54, 1.807) is 6.92 Å². The first kappa shape index (κ1) is 5.44. The molecule has 44 valence electrons. The van der Waals surface area contributed by atoms with Gasteiger partial charge in [-0.25, -0.2) is 0 Å². The monoisotopic (exact) mass is 132 g/mol. The fourth-order valence-corrected chi connectivity index (χ4v) is 0.637. The molecule has 0 spiro atoms. The van der Waals surface area contributed by atoms with E-state index in [0.29, 0.717) is 5.69 Å². The number of rotatable bonds is 0. The molecule has 8 heavy (non-hydrogen) atoms. The number of aromatic amines is 1. The maximum Gasteiger partial charge on any atom is 0.233 e. The van der Waals surface area contributed by atoms with Crippen molar-refractivity contribution in [2.45, 2.75) is 6.92 Å². The third-order valence-corrected chi connectivity index (χ3v) is 1.01. The molecule has 2 N–H and O–H groups in total. The van der Waals surface area contributed by atoms with Gasteiger partial charge in [0.05, 0.1) is 5.69 Å². The van der Waals surface area contributed by atoms with Gasteiger partial charge in [-0.1, -0.05) is 0 Å². The Hall–Kier alpha value is -0.700. The number of nitrogens with one attached hydrogen (secondary N) is 1. The van der Waals surface area contributed by atoms with Crippen LogP contribution in [0.5, 0.6) is 5.88 Å². The van der Waals surface area contributed by atoms with Crippen molar-refractivity contribution in [2.75, 3.05) is 0 Å². The molecule has 0 radical (unpaired) electrons. The molecule has 0 aromatic carbocycles. The predicted octanol–water partition coefficient (Wildman–Crippen LogP) is 1.08. The van der Waals surface area contributed by atoms with Gasteiger partial charge in [-0.15, -0.1) is 0 Å². The molecule has 4 heteroatoms. The minimum Gasteiger partial charge on any atom is -0.492 e. The Balaban J connectivity index is 3.14. The molecule has 0 bridgehead atoms. The van der Waals surface area contributed by atoms with Crippen molar-refractivity contribution >= 4 is 11.6 Å². The summed E-state index contributed by atoms with van der Waals surface area (Å²) in [4.78, 5) is 6.09. The van der Waals surface area contributed by atoms with Gasteiger partial charge >= 0.3 is 0 Å².